The molecule has 8 heteroatoms. The molecule has 2 N–H and O–H groups in total. The highest BCUT2D eigenvalue weighted by Crippen LogP contribution is 2.26. The Morgan fingerprint density at radius 3 is 2.55 bits per heavy atom. The molecule has 29 heavy (non-hydrogen) atoms. The Hall–Kier alpha value is -3.53. The fourth-order valence-corrected chi connectivity index (χ4v) is 2.75. The Morgan fingerprint density at radius 2 is 1.86 bits per heavy atom. The Kier molecular flexibility index (Phi) is 6.03. The van der Waals surface area contributed by atoms with Crippen LogP contribution in [0.2, 0.25) is 10.0 Å². The molecule has 0 saturated carbocycles. The summed E-state index contributed by atoms with van der Waals surface area (Å²) in [6.45, 7) is 0. The summed E-state index contributed by atoms with van der Waals surface area (Å²) in [5.41, 5.74) is 0.880. The van der Waals surface area contributed by atoms with Gasteiger partial charge in [-0.3, -0.25) is 4.79 Å². The van der Waals surface area contributed by atoms with Crippen LogP contribution in [-0.2, 0) is 4.79 Å². The molecular weight excluding hydrogens is 415 g/mol. The summed E-state index contributed by atoms with van der Waals surface area (Å²) in [7, 11) is 0. The number of nitrogens with one attached hydrogen (secondary N) is 1. The Bertz CT molecular complexity index is 1180. The van der Waals surface area contributed by atoms with Crippen molar-refractivity contribution in [3.05, 3.63) is 81.5 Å². The zero-order valence-corrected chi connectivity index (χ0v) is 16.2. The second-order valence-corrected chi connectivity index (χ2v) is 6.66. The van der Waals surface area contributed by atoms with Crippen molar-refractivity contribution < 1.29 is 19.1 Å². The minimum absolute atomic E-state index is 0.120. The summed E-state index contributed by atoms with van der Waals surface area (Å²) in [4.78, 5) is 23.5. The van der Waals surface area contributed by atoms with Crippen molar-refractivity contribution in [2.45, 2.75) is 0 Å². The van der Waals surface area contributed by atoms with E-state index in [4.69, 9.17) is 32.7 Å². The van der Waals surface area contributed by atoms with Gasteiger partial charge in [0.25, 0.3) is 5.91 Å². The van der Waals surface area contributed by atoms with E-state index >= 15 is 0 Å². The fraction of sp³-hybridized carbons (Fsp3) is 0. The number of aromatic carboxylic acids is 1. The van der Waals surface area contributed by atoms with Crippen LogP contribution in [0.4, 0.5) is 5.69 Å². The SMILES string of the molecule is N#C/C(=C\c1ccc(-c2cccc(C(=O)O)c2)o1)C(=O)Nc1ccc(Cl)c(Cl)c1. The molecule has 0 fully saturated rings. The van der Waals surface area contributed by atoms with E-state index in [1.54, 1.807) is 30.3 Å². The van der Waals surface area contributed by atoms with Crippen LogP contribution in [0.3, 0.4) is 0 Å². The van der Waals surface area contributed by atoms with Gasteiger partial charge < -0.3 is 14.8 Å². The monoisotopic (exact) mass is 426 g/mol. The van der Waals surface area contributed by atoms with Gasteiger partial charge in [0.2, 0.25) is 0 Å². The number of furan rings is 1. The first-order valence-electron chi connectivity index (χ1n) is 8.19. The number of nitrogens with zero attached hydrogens (tertiary/aromatic N) is 1. The van der Waals surface area contributed by atoms with Crippen LogP contribution in [-0.4, -0.2) is 17.0 Å². The van der Waals surface area contributed by atoms with Gasteiger partial charge in [-0.1, -0.05) is 35.3 Å². The molecule has 144 valence electrons. The molecule has 0 aliphatic rings. The summed E-state index contributed by atoms with van der Waals surface area (Å²) in [6.07, 6.45) is 1.29. The van der Waals surface area contributed by atoms with Gasteiger partial charge in [-0.05, 0) is 42.5 Å². The zero-order chi connectivity index (χ0) is 21.0. The molecule has 0 bridgehead atoms. The predicted octanol–water partition coefficient (Wildman–Crippen LogP) is 5.50. The van der Waals surface area contributed by atoms with Gasteiger partial charge in [-0.15, -0.1) is 0 Å². The quantitative estimate of drug-likeness (QED) is 0.414. The van der Waals surface area contributed by atoms with Crippen molar-refractivity contribution in [3.8, 4) is 17.4 Å². The number of amides is 1. The smallest absolute Gasteiger partial charge is 0.335 e. The molecule has 1 aromatic heterocycles. The predicted molar refractivity (Wildman–Crippen MR) is 110 cm³/mol. The number of hydrogen-bond acceptors (Lipinski definition) is 4. The van der Waals surface area contributed by atoms with Crippen LogP contribution in [0.1, 0.15) is 16.1 Å². The molecular formula is C21H12Cl2N2O4. The van der Waals surface area contributed by atoms with Crippen LogP contribution < -0.4 is 5.32 Å². The topological polar surface area (TPSA) is 103 Å². The maximum Gasteiger partial charge on any atom is 0.335 e. The largest absolute Gasteiger partial charge is 0.478 e. The number of carbonyl (C=O) groups excluding carboxylic acids is 1. The van der Waals surface area contributed by atoms with Crippen molar-refractivity contribution in [2.24, 2.45) is 0 Å². The van der Waals surface area contributed by atoms with E-state index in [2.05, 4.69) is 5.32 Å². The van der Waals surface area contributed by atoms with Crippen molar-refractivity contribution >= 4 is 46.8 Å². The van der Waals surface area contributed by atoms with E-state index in [0.717, 1.165) is 0 Å². The normalized spacial score (nSPS) is 11.0. The van der Waals surface area contributed by atoms with Crippen LogP contribution in [0.5, 0.6) is 0 Å². The highest BCUT2D eigenvalue weighted by atomic mass is 35.5. The van der Waals surface area contributed by atoms with Crippen molar-refractivity contribution in [1.82, 2.24) is 0 Å². The summed E-state index contributed by atoms with van der Waals surface area (Å²) in [5.74, 6) is -1.02. The third-order valence-corrected chi connectivity index (χ3v) is 4.59. The van der Waals surface area contributed by atoms with E-state index in [-0.39, 0.29) is 21.9 Å². The molecule has 0 atom stereocenters. The Morgan fingerprint density at radius 1 is 1.07 bits per heavy atom. The Balaban J connectivity index is 1.82. The maximum atomic E-state index is 12.4. The molecule has 6 nitrogen and oxygen atoms in total. The van der Waals surface area contributed by atoms with Gasteiger partial charge >= 0.3 is 5.97 Å². The maximum absolute atomic E-state index is 12.4. The summed E-state index contributed by atoms with van der Waals surface area (Å²) >= 11 is 11.8. The lowest BCUT2D eigenvalue weighted by Crippen LogP contribution is -2.13. The van der Waals surface area contributed by atoms with Crippen LogP contribution in [0, 0.1) is 11.3 Å². The number of rotatable bonds is 5. The van der Waals surface area contributed by atoms with Gasteiger partial charge in [0.1, 0.15) is 23.2 Å². The third kappa shape index (κ3) is 4.85. The van der Waals surface area contributed by atoms with E-state index in [0.29, 0.717) is 22.0 Å². The molecule has 0 saturated heterocycles. The molecule has 0 radical (unpaired) electrons. The minimum Gasteiger partial charge on any atom is -0.478 e. The standard InChI is InChI=1S/C21H12Cl2N2O4/c22-17-6-4-15(10-18(17)23)25-20(26)14(11-24)9-16-5-7-19(29-16)12-2-1-3-13(8-12)21(27)28/h1-10H,(H,25,26)(H,27,28)/b14-9+. The average molecular weight is 427 g/mol. The third-order valence-electron chi connectivity index (χ3n) is 3.85. The molecule has 1 amide bonds. The highest BCUT2D eigenvalue weighted by molar-refractivity contribution is 6.42. The zero-order valence-electron chi connectivity index (χ0n) is 14.6. The number of nitriles is 1. The second-order valence-electron chi connectivity index (χ2n) is 5.84. The van der Waals surface area contributed by atoms with Gasteiger partial charge in [-0.2, -0.15) is 5.26 Å². The molecule has 2 aromatic carbocycles. The van der Waals surface area contributed by atoms with Crippen molar-refractivity contribution in [3.63, 3.8) is 0 Å². The first kappa shape index (κ1) is 20.2. The van der Waals surface area contributed by atoms with Gasteiger partial charge in [0.05, 0.1) is 15.6 Å². The van der Waals surface area contributed by atoms with Gasteiger partial charge in [0, 0.05) is 17.3 Å². The lowest BCUT2D eigenvalue weighted by atomic mass is 10.1. The van der Waals surface area contributed by atoms with Crippen molar-refractivity contribution in [2.75, 3.05) is 5.32 Å². The number of halogens is 2. The lowest BCUT2D eigenvalue weighted by Gasteiger charge is -2.05. The van der Waals surface area contributed by atoms with Gasteiger partial charge in [0.15, 0.2) is 0 Å². The molecule has 0 spiro atoms. The number of benzene rings is 2. The lowest BCUT2D eigenvalue weighted by molar-refractivity contribution is -0.112. The van der Waals surface area contributed by atoms with Crippen LogP contribution in [0.25, 0.3) is 17.4 Å². The first-order chi connectivity index (χ1) is 13.9. The minimum atomic E-state index is -1.05. The van der Waals surface area contributed by atoms with E-state index < -0.39 is 11.9 Å². The first-order valence-corrected chi connectivity index (χ1v) is 8.95. The summed E-state index contributed by atoms with van der Waals surface area (Å²) < 4.78 is 5.63. The highest BCUT2D eigenvalue weighted by Gasteiger charge is 2.13. The molecule has 3 aromatic rings. The number of carbonyl (C=O) groups is 2. The molecule has 1 heterocycles. The van der Waals surface area contributed by atoms with Crippen LogP contribution in [0.15, 0.2) is 64.6 Å². The number of hydrogen-bond donors (Lipinski definition) is 2. The Labute approximate surface area is 175 Å². The molecule has 0 unspecified atom stereocenters. The van der Waals surface area contributed by atoms with Gasteiger partial charge in [-0.25, -0.2) is 4.79 Å². The molecule has 0 aliphatic carbocycles. The number of carboxylic acids is 1. The van der Waals surface area contributed by atoms with Crippen LogP contribution >= 0.6 is 23.2 Å². The molecule has 3 rings (SSSR count). The van der Waals surface area contributed by atoms with E-state index in [9.17, 15) is 14.9 Å². The summed E-state index contributed by atoms with van der Waals surface area (Å²) in [6, 6.07) is 15.8. The number of anilines is 1. The summed E-state index contributed by atoms with van der Waals surface area (Å²) in [5, 5.41) is 21.6. The average Bonchev–Trinajstić information content (AvgIpc) is 3.17. The molecule has 0 aliphatic heterocycles. The van der Waals surface area contributed by atoms with E-state index in [1.807, 2.05) is 6.07 Å². The number of carboxylic acid groups (broad SMARTS) is 1. The van der Waals surface area contributed by atoms with Crippen molar-refractivity contribution in [1.29, 1.82) is 5.26 Å². The van der Waals surface area contributed by atoms with E-state index in [1.165, 1.54) is 30.3 Å². The fourth-order valence-electron chi connectivity index (χ4n) is 2.45. The second kappa shape index (κ2) is 8.65.